The quantitative estimate of drug-likeness (QED) is 0.308. The number of nitrogens with zero attached hydrogens (tertiary/aromatic N) is 2. The van der Waals surface area contributed by atoms with Gasteiger partial charge in [-0.3, -0.25) is 0 Å². The lowest BCUT2D eigenvalue weighted by molar-refractivity contribution is -0.419. The monoisotopic (exact) mass is 248 g/mol. The Kier molecular flexibility index (Phi) is 5.57. The lowest BCUT2D eigenvalue weighted by Crippen LogP contribution is -2.24. The van der Waals surface area contributed by atoms with Crippen molar-refractivity contribution in [3.63, 3.8) is 0 Å². The van der Waals surface area contributed by atoms with Gasteiger partial charge < -0.3 is 10.2 Å². The van der Waals surface area contributed by atoms with Gasteiger partial charge in [-0.05, 0) is 24.3 Å². The first-order chi connectivity index (χ1) is 8.61. The summed E-state index contributed by atoms with van der Waals surface area (Å²) in [5.41, 5.74) is 8.22. The summed E-state index contributed by atoms with van der Waals surface area (Å²) >= 11 is 0. The molecule has 0 atom stereocenters. The van der Waals surface area contributed by atoms with Crippen molar-refractivity contribution in [2.75, 3.05) is 38.9 Å². The van der Waals surface area contributed by atoms with Crippen LogP contribution in [0.2, 0.25) is 0 Å². The first kappa shape index (κ1) is 13.9. The summed E-state index contributed by atoms with van der Waals surface area (Å²) < 4.78 is 1.93. The predicted molar refractivity (Wildman–Crippen MR) is 77.8 cm³/mol. The summed E-state index contributed by atoms with van der Waals surface area (Å²) in [6.45, 7) is 0. The summed E-state index contributed by atoms with van der Waals surface area (Å²) in [5, 5.41) is 3.08. The standard InChI is InChI=1S/C13H21N5/c1-14-12-5-7-13(8-6-12)16-15-11-18(4)10-9-17(2)3/h5-11,14,16H,1-4H3/p+1/b10-9-. The SMILES string of the molecule is CNc1ccc(NNC=[N+](C)/C=C\N(C)C)cc1. The third kappa shape index (κ3) is 5.25. The second kappa shape index (κ2) is 7.21. The van der Waals surface area contributed by atoms with Gasteiger partial charge in [0, 0.05) is 33.0 Å². The number of benzene rings is 1. The molecule has 1 rings (SSSR count). The molecule has 0 spiro atoms. The van der Waals surface area contributed by atoms with Gasteiger partial charge in [-0.1, -0.05) is 0 Å². The molecule has 0 aliphatic carbocycles. The van der Waals surface area contributed by atoms with Crippen molar-refractivity contribution in [1.29, 1.82) is 0 Å². The summed E-state index contributed by atoms with van der Waals surface area (Å²) in [4.78, 5) is 1.98. The zero-order chi connectivity index (χ0) is 13.4. The van der Waals surface area contributed by atoms with Crippen molar-refractivity contribution in [1.82, 2.24) is 10.3 Å². The first-order valence-corrected chi connectivity index (χ1v) is 5.81. The van der Waals surface area contributed by atoms with E-state index >= 15 is 0 Å². The minimum atomic E-state index is 1.01. The molecule has 0 radical (unpaired) electrons. The fourth-order valence-corrected chi connectivity index (χ4v) is 1.22. The van der Waals surface area contributed by atoms with Crippen LogP contribution in [0.3, 0.4) is 0 Å². The Morgan fingerprint density at radius 1 is 1.11 bits per heavy atom. The molecule has 0 amide bonds. The van der Waals surface area contributed by atoms with Crippen LogP contribution in [0.1, 0.15) is 0 Å². The molecule has 1 aromatic carbocycles. The maximum atomic E-state index is 3.09. The molecule has 0 unspecified atom stereocenters. The minimum Gasteiger partial charge on any atom is -0.388 e. The molecule has 5 heteroatoms. The molecule has 0 aliphatic rings. The molecule has 0 aromatic heterocycles. The zero-order valence-corrected chi connectivity index (χ0v) is 11.4. The van der Waals surface area contributed by atoms with Crippen LogP contribution in [-0.4, -0.2) is 44.0 Å². The van der Waals surface area contributed by atoms with E-state index in [2.05, 4.69) is 16.2 Å². The van der Waals surface area contributed by atoms with Crippen molar-refractivity contribution < 1.29 is 4.58 Å². The molecule has 18 heavy (non-hydrogen) atoms. The average molecular weight is 248 g/mol. The first-order valence-electron chi connectivity index (χ1n) is 5.81. The maximum Gasteiger partial charge on any atom is 0.259 e. The highest BCUT2D eigenvalue weighted by molar-refractivity contribution is 5.57. The van der Waals surface area contributed by atoms with Crippen LogP contribution >= 0.6 is 0 Å². The number of hydrazine groups is 1. The van der Waals surface area contributed by atoms with Crippen LogP contribution in [-0.2, 0) is 0 Å². The zero-order valence-electron chi connectivity index (χ0n) is 11.4. The van der Waals surface area contributed by atoms with Crippen LogP contribution in [0, 0.1) is 0 Å². The molecule has 0 bridgehead atoms. The third-order valence-electron chi connectivity index (χ3n) is 2.26. The van der Waals surface area contributed by atoms with Crippen LogP contribution in [0.15, 0.2) is 36.7 Å². The highest BCUT2D eigenvalue weighted by Crippen LogP contribution is 2.11. The molecule has 0 fully saturated rings. The Balaban J connectivity index is 2.42. The molecule has 5 nitrogen and oxygen atoms in total. The van der Waals surface area contributed by atoms with Crippen LogP contribution in [0.5, 0.6) is 0 Å². The van der Waals surface area contributed by atoms with Crippen molar-refractivity contribution in [2.24, 2.45) is 0 Å². The summed E-state index contributed by atoms with van der Waals surface area (Å²) in [5.74, 6) is 0. The van der Waals surface area contributed by atoms with E-state index in [4.69, 9.17) is 0 Å². The largest absolute Gasteiger partial charge is 0.388 e. The predicted octanol–water partition coefficient (Wildman–Crippen LogP) is 1.35. The summed E-state index contributed by atoms with van der Waals surface area (Å²) in [6, 6.07) is 8.03. The molecular weight excluding hydrogens is 226 g/mol. The van der Waals surface area contributed by atoms with Crippen molar-refractivity contribution in [2.45, 2.75) is 0 Å². The van der Waals surface area contributed by atoms with Gasteiger partial charge in [0.05, 0.1) is 12.7 Å². The molecule has 0 saturated carbocycles. The average Bonchev–Trinajstić information content (AvgIpc) is 2.37. The van der Waals surface area contributed by atoms with Gasteiger partial charge in [0.1, 0.15) is 6.20 Å². The van der Waals surface area contributed by atoms with E-state index < -0.39 is 0 Å². The Hall–Kier alpha value is -2.17. The maximum absolute atomic E-state index is 3.09. The smallest absolute Gasteiger partial charge is 0.259 e. The third-order valence-corrected chi connectivity index (χ3v) is 2.26. The normalized spacial score (nSPS) is 11.4. The topological polar surface area (TPSA) is 42.3 Å². The Labute approximate surface area is 109 Å². The van der Waals surface area contributed by atoms with Gasteiger partial charge in [0.15, 0.2) is 0 Å². The van der Waals surface area contributed by atoms with Gasteiger partial charge in [-0.2, -0.15) is 5.43 Å². The van der Waals surface area contributed by atoms with E-state index in [0.717, 1.165) is 11.4 Å². The molecule has 98 valence electrons. The highest BCUT2D eigenvalue weighted by atomic mass is 15.4. The van der Waals surface area contributed by atoms with Crippen LogP contribution in [0.4, 0.5) is 11.4 Å². The summed E-state index contributed by atoms with van der Waals surface area (Å²) in [7, 11) is 7.83. The fraction of sp³-hybridized carbons (Fsp3) is 0.308. The number of hydrogen-bond donors (Lipinski definition) is 3. The van der Waals surface area contributed by atoms with Crippen molar-refractivity contribution in [3.8, 4) is 0 Å². The van der Waals surface area contributed by atoms with E-state index in [1.165, 1.54) is 0 Å². The second-order valence-electron chi connectivity index (χ2n) is 4.15. The molecule has 0 saturated heterocycles. The van der Waals surface area contributed by atoms with Crippen molar-refractivity contribution in [3.05, 3.63) is 36.7 Å². The number of anilines is 2. The van der Waals surface area contributed by atoms with Gasteiger partial charge >= 0.3 is 0 Å². The van der Waals surface area contributed by atoms with Gasteiger partial charge in [0.25, 0.3) is 6.34 Å². The van der Waals surface area contributed by atoms with Crippen molar-refractivity contribution >= 4 is 17.7 Å². The number of rotatable bonds is 6. The van der Waals surface area contributed by atoms with E-state index in [1.54, 1.807) is 0 Å². The lowest BCUT2D eigenvalue weighted by Gasteiger charge is -2.04. The van der Waals surface area contributed by atoms with E-state index in [9.17, 15) is 0 Å². The van der Waals surface area contributed by atoms with E-state index in [-0.39, 0.29) is 0 Å². The number of hydrogen-bond acceptors (Lipinski definition) is 3. The van der Waals surface area contributed by atoms with Gasteiger partial charge in [0.2, 0.25) is 0 Å². The van der Waals surface area contributed by atoms with Crippen LogP contribution < -0.4 is 16.2 Å². The van der Waals surface area contributed by atoms with E-state index in [0.29, 0.717) is 0 Å². The molecule has 3 N–H and O–H groups in total. The Bertz CT molecular complexity index is 406. The van der Waals surface area contributed by atoms with Gasteiger partial charge in [-0.25, -0.2) is 10.0 Å². The fourth-order valence-electron chi connectivity index (χ4n) is 1.22. The molecule has 1 aromatic rings. The second-order valence-corrected chi connectivity index (χ2v) is 4.15. The Morgan fingerprint density at radius 3 is 2.28 bits per heavy atom. The number of nitrogens with one attached hydrogen (secondary N) is 3. The van der Waals surface area contributed by atoms with Gasteiger partial charge in [-0.15, -0.1) is 0 Å². The minimum absolute atomic E-state index is 1.01. The summed E-state index contributed by atoms with van der Waals surface area (Å²) in [6.07, 6.45) is 5.77. The molecule has 0 aliphatic heterocycles. The van der Waals surface area contributed by atoms with E-state index in [1.807, 2.05) is 80.7 Å². The van der Waals surface area contributed by atoms with Crippen LogP contribution in [0.25, 0.3) is 0 Å². The Morgan fingerprint density at radius 2 is 1.72 bits per heavy atom. The lowest BCUT2D eigenvalue weighted by atomic mass is 10.3. The highest BCUT2D eigenvalue weighted by Gasteiger charge is 1.93. The molecular formula is C13H22N5+. The molecule has 0 heterocycles.